The van der Waals surface area contributed by atoms with Gasteiger partial charge in [-0.15, -0.1) is 0 Å². The molecule has 0 unspecified atom stereocenters. The fourth-order valence-electron chi connectivity index (χ4n) is 3.58. The van der Waals surface area contributed by atoms with Crippen LogP contribution < -0.4 is 10.1 Å². The highest BCUT2D eigenvalue weighted by atomic mass is 19.1. The molecule has 0 aliphatic carbocycles. The van der Waals surface area contributed by atoms with E-state index in [1.807, 2.05) is 0 Å². The monoisotopic (exact) mass is 397 g/mol. The second-order valence-electron chi connectivity index (χ2n) is 6.76. The average molecular weight is 397 g/mol. The van der Waals surface area contributed by atoms with Crippen LogP contribution in [0.2, 0.25) is 0 Å². The summed E-state index contributed by atoms with van der Waals surface area (Å²) in [6, 6.07) is 9.60. The van der Waals surface area contributed by atoms with Gasteiger partial charge in [-0.3, -0.25) is 9.59 Å². The quantitative estimate of drug-likeness (QED) is 0.680. The molecule has 1 aliphatic rings. The molecule has 29 heavy (non-hydrogen) atoms. The molecule has 1 aromatic heterocycles. The van der Waals surface area contributed by atoms with Crippen LogP contribution in [-0.4, -0.2) is 28.6 Å². The fourth-order valence-corrected chi connectivity index (χ4v) is 3.58. The second kappa shape index (κ2) is 7.12. The van der Waals surface area contributed by atoms with Gasteiger partial charge in [-0.25, -0.2) is 13.5 Å². The summed E-state index contributed by atoms with van der Waals surface area (Å²) in [7, 11) is 1.31. The lowest BCUT2D eigenvalue weighted by Crippen LogP contribution is -2.28. The van der Waals surface area contributed by atoms with Crippen LogP contribution >= 0.6 is 0 Å². The highest BCUT2D eigenvalue weighted by Crippen LogP contribution is 2.38. The van der Waals surface area contributed by atoms with E-state index in [2.05, 4.69) is 10.4 Å². The number of benzene rings is 2. The molecular formula is C21H17F2N3O3. The zero-order valence-electron chi connectivity index (χ0n) is 15.7. The number of methoxy groups -OCH3 is 1. The summed E-state index contributed by atoms with van der Waals surface area (Å²) in [6.45, 7) is 1.72. The lowest BCUT2D eigenvalue weighted by Gasteiger charge is -2.23. The normalized spacial score (nSPS) is 15.6. The minimum Gasteiger partial charge on any atom is -0.494 e. The van der Waals surface area contributed by atoms with Crippen LogP contribution in [0.25, 0.3) is 5.69 Å². The number of aryl methyl sites for hydroxylation is 1. The number of ketones is 1. The molecule has 2 heterocycles. The van der Waals surface area contributed by atoms with Crippen molar-refractivity contribution in [3.05, 3.63) is 70.9 Å². The van der Waals surface area contributed by atoms with Gasteiger partial charge in [0.05, 0.1) is 24.4 Å². The minimum atomic E-state index is -0.795. The van der Waals surface area contributed by atoms with Gasteiger partial charge in [0.2, 0.25) is 5.91 Å². The van der Waals surface area contributed by atoms with Gasteiger partial charge in [-0.2, -0.15) is 5.10 Å². The zero-order valence-corrected chi connectivity index (χ0v) is 15.7. The smallest absolute Gasteiger partial charge is 0.226 e. The van der Waals surface area contributed by atoms with Crippen LogP contribution in [0.4, 0.5) is 14.6 Å². The van der Waals surface area contributed by atoms with Gasteiger partial charge >= 0.3 is 0 Å². The highest BCUT2D eigenvalue weighted by Gasteiger charge is 2.36. The number of halogens is 2. The van der Waals surface area contributed by atoms with Crippen molar-refractivity contribution in [2.24, 2.45) is 0 Å². The number of nitrogens with zero attached hydrogens (tertiary/aromatic N) is 2. The molecule has 4 rings (SSSR count). The molecule has 0 saturated carbocycles. The van der Waals surface area contributed by atoms with Crippen LogP contribution in [0, 0.1) is 18.6 Å². The number of carbonyl (C=O) groups excluding carboxylic acids is 2. The lowest BCUT2D eigenvalue weighted by molar-refractivity contribution is -0.116. The number of aromatic nitrogens is 2. The molecule has 8 heteroatoms. The third-order valence-corrected chi connectivity index (χ3v) is 4.91. The number of nitrogens with one attached hydrogen (secondary N) is 1. The first-order chi connectivity index (χ1) is 13.9. The van der Waals surface area contributed by atoms with Gasteiger partial charge < -0.3 is 10.1 Å². The van der Waals surface area contributed by atoms with E-state index in [0.29, 0.717) is 22.8 Å². The summed E-state index contributed by atoms with van der Waals surface area (Å²) in [5.74, 6) is -2.25. The molecular weight excluding hydrogens is 380 g/mol. The third-order valence-electron chi connectivity index (χ3n) is 4.91. The van der Waals surface area contributed by atoms with E-state index in [-0.39, 0.29) is 29.4 Å². The first-order valence-corrected chi connectivity index (χ1v) is 8.92. The molecule has 1 N–H and O–H groups in total. The fraction of sp³-hybridized carbons (Fsp3) is 0.190. The Morgan fingerprint density at radius 2 is 2.03 bits per heavy atom. The van der Waals surface area contributed by atoms with Crippen molar-refractivity contribution in [3.63, 3.8) is 0 Å². The Morgan fingerprint density at radius 3 is 2.76 bits per heavy atom. The van der Waals surface area contributed by atoms with Gasteiger partial charge in [0.15, 0.2) is 17.3 Å². The Hall–Kier alpha value is -3.55. The van der Waals surface area contributed by atoms with Crippen molar-refractivity contribution in [1.82, 2.24) is 9.78 Å². The third kappa shape index (κ3) is 3.26. The predicted octanol–water partition coefficient (Wildman–Crippen LogP) is 3.78. The van der Waals surface area contributed by atoms with Crippen LogP contribution in [0.5, 0.6) is 5.75 Å². The maximum Gasteiger partial charge on any atom is 0.226 e. The molecule has 1 amide bonds. The van der Waals surface area contributed by atoms with Gasteiger partial charge in [0, 0.05) is 17.5 Å². The van der Waals surface area contributed by atoms with Crippen LogP contribution in [0.15, 0.2) is 42.5 Å². The highest BCUT2D eigenvalue weighted by molar-refractivity contribution is 6.08. The molecule has 1 atom stereocenters. The summed E-state index contributed by atoms with van der Waals surface area (Å²) < 4.78 is 33.8. The Kier molecular flexibility index (Phi) is 4.62. The van der Waals surface area contributed by atoms with Gasteiger partial charge in [0.1, 0.15) is 11.6 Å². The van der Waals surface area contributed by atoms with Crippen molar-refractivity contribution in [2.75, 3.05) is 12.4 Å². The second-order valence-corrected chi connectivity index (χ2v) is 6.76. The first-order valence-electron chi connectivity index (χ1n) is 8.92. The maximum atomic E-state index is 13.7. The number of rotatable bonds is 4. The summed E-state index contributed by atoms with van der Waals surface area (Å²) in [4.78, 5) is 25.5. The number of hydrogen-bond acceptors (Lipinski definition) is 4. The molecule has 0 saturated heterocycles. The maximum absolute atomic E-state index is 13.7. The summed E-state index contributed by atoms with van der Waals surface area (Å²) in [5, 5.41) is 7.15. The van der Waals surface area contributed by atoms with E-state index in [9.17, 15) is 18.4 Å². The van der Waals surface area contributed by atoms with Crippen molar-refractivity contribution in [2.45, 2.75) is 19.3 Å². The first kappa shape index (κ1) is 18.8. The number of Topliss-reactive ketones (excluding diaryl/α,β-unsaturated/α-hetero) is 1. The van der Waals surface area contributed by atoms with E-state index in [0.717, 1.165) is 6.07 Å². The molecule has 148 valence electrons. The molecule has 3 aromatic rings. The summed E-state index contributed by atoms with van der Waals surface area (Å²) in [6.07, 6.45) is -0.0682. The summed E-state index contributed by atoms with van der Waals surface area (Å²) >= 11 is 0. The molecule has 6 nitrogen and oxygen atoms in total. The zero-order chi connectivity index (χ0) is 20.7. The lowest BCUT2D eigenvalue weighted by atomic mass is 9.85. The number of carbonyl (C=O) groups is 2. The van der Waals surface area contributed by atoms with E-state index in [4.69, 9.17) is 4.74 Å². The Balaban J connectivity index is 1.81. The summed E-state index contributed by atoms with van der Waals surface area (Å²) in [5.41, 5.74) is 1.75. The minimum absolute atomic E-state index is 0.0523. The molecule has 1 aliphatic heterocycles. The number of hydrogen-bond donors (Lipinski definition) is 1. The molecule has 0 fully saturated rings. The van der Waals surface area contributed by atoms with Crippen molar-refractivity contribution in [1.29, 1.82) is 0 Å². The van der Waals surface area contributed by atoms with Crippen LogP contribution in [-0.2, 0) is 4.79 Å². The number of amides is 1. The van der Waals surface area contributed by atoms with E-state index >= 15 is 0 Å². The van der Waals surface area contributed by atoms with Crippen molar-refractivity contribution >= 4 is 17.5 Å². The van der Waals surface area contributed by atoms with Gasteiger partial charge in [-0.1, -0.05) is 6.07 Å². The largest absolute Gasteiger partial charge is 0.494 e. The van der Waals surface area contributed by atoms with E-state index in [1.54, 1.807) is 13.0 Å². The molecule has 0 radical (unpaired) electrons. The standard InChI is InChI=1S/C21H17F2N3O3/c1-11-19-15(20(28)12-6-7-16(23)17(8-12)29-2)10-18(27)24-21(19)26(25-11)14-5-3-4-13(22)9-14/h3-9,15H,10H2,1-2H3,(H,24,27)/t15-/m0/s1. The Morgan fingerprint density at radius 1 is 1.24 bits per heavy atom. The number of fused-ring (bicyclic) bond motifs is 1. The van der Waals surface area contributed by atoms with Crippen molar-refractivity contribution < 1.29 is 23.1 Å². The Labute approximate surface area is 165 Å². The van der Waals surface area contributed by atoms with Crippen molar-refractivity contribution in [3.8, 4) is 11.4 Å². The molecule has 0 spiro atoms. The topological polar surface area (TPSA) is 73.2 Å². The van der Waals surface area contributed by atoms with Gasteiger partial charge in [-0.05, 0) is 43.3 Å². The number of ether oxygens (including phenoxy) is 1. The predicted molar refractivity (Wildman–Crippen MR) is 102 cm³/mol. The Bertz CT molecular complexity index is 1140. The number of anilines is 1. The van der Waals surface area contributed by atoms with Crippen LogP contribution in [0.3, 0.4) is 0 Å². The van der Waals surface area contributed by atoms with E-state index in [1.165, 1.54) is 42.1 Å². The molecule has 2 aromatic carbocycles. The average Bonchev–Trinajstić information content (AvgIpc) is 3.03. The van der Waals surface area contributed by atoms with E-state index < -0.39 is 17.6 Å². The van der Waals surface area contributed by atoms with Crippen LogP contribution in [0.1, 0.15) is 34.0 Å². The molecule has 0 bridgehead atoms. The van der Waals surface area contributed by atoms with Gasteiger partial charge in [0.25, 0.3) is 0 Å². The SMILES string of the molecule is COc1cc(C(=O)[C@H]2CC(=O)Nc3c2c(C)nn3-c2cccc(F)c2)ccc1F.